The van der Waals surface area contributed by atoms with Crippen LogP contribution < -0.4 is 5.73 Å². The lowest BCUT2D eigenvalue weighted by atomic mass is 10.0. The second-order valence-corrected chi connectivity index (χ2v) is 3.06. The smallest absolute Gasteiger partial charge is 0.188 e. The summed E-state index contributed by atoms with van der Waals surface area (Å²) in [6, 6.07) is 4.34. The van der Waals surface area contributed by atoms with Crippen molar-refractivity contribution >= 4 is 17.2 Å². The molecule has 0 saturated carbocycles. The van der Waals surface area contributed by atoms with Crippen molar-refractivity contribution in [3.05, 3.63) is 29.3 Å². The van der Waals surface area contributed by atoms with Crippen LogP contribution in [-0.2, 0) is 0 Å². The van der Waals surface area contributed by atoms with Gasteiger partial charge in [0.25, 0.3) is 0 Å². The SMILES string of the molecule is N=C(CO)c1cc(N)cc(C(=O)CO)c1. The van der Waals surface area contributed by atoms with Crippen molar-refractivity contribution in [2.75, 3.05) is 18.9 Å². The number of nitrogen functional groups attached to an aromatic ring is 1. The number of nitrogens with one attached hydrogen (secondary N) is 1. The third-order valence-electron chi connectivity index (χ3n) is 1.93. The van der Waals surface area contributed by atoms with Crippen LogP contribution in [0.15, 0.2) is 18.2 Å². The number of nitrogens with two attached hydrogens (primary N) is 1. The van der Waals surface area contributed by atoms with Crippen LogP contribution in [0.5, 0.6) is 0 Å². The molecule has 0 aliphatic heterocycles. The normalized spacial score (nSPS) is 10.0. The number of hydrogen-bond acceptors (Lipinski definition) is 5. The van der Waals surface area contributed by atoms with Gasteiger partial charge in [-0.15, -0.1) is 0 Å². The van der Waals surface area contributed by atoms with Gasteiger partial charge in [-0.1, -0.05) is 0 Å². The first kappa shape index (κ1) is 11.4. The summed E-state index contributed by atoms with van der Waals surface area (Å²) in [7, 11) is 0. The van der Waals surface area contributed by atoms with E-state index in [0.29, 0.717) is 11.3 Å². The zero-order valence-electron chi connectivity index (χ0n) is 8.03. The van der Waals surface area contributed by atoms with Gasteiger partial charge in [0.1, 0.15) is 6.61 Å². The molecule has 0 aliphatic carbocycles. The van der Waals surface area contributed by atoms with Gasteiger partial charge in [-0.2, -0.15) is 0 Å². The molecule has 0 saturated heterocycles. The van der Waals surface area contributed by atoms with Gasteiger partial charge >= 0.3 is 0 Å². The summed E-state index contributed by atoms with van der Waals surface area (Å²) in [5.74, 6) is -0.464. The van der Waals surface area contributed by atoms with Gasteiger partial charge in [-0.05, 0) is 18.2 Å². The van der Waals surface area contributed by atoms with Gasteiger partial charge in [-0.3, -0.25) is 4.79 Å². The van der Waals surface area contributed by atoms with Crippen molar-refractivity contribution in [1.82, 2.24) is 0 Å². The van der Waals surface area contributed by atoms with Crippen molar-refractivity contribution in [3.63, 3.8) is 0 Å². The van der Waals surface area contributed by atoms with Crippen LogP contribution in [0.2, 0.25) is 0 Å². The number of Topliss-reactive ketones (excluding diaryl/α,β-unsaturated/α-hetero) is 1. The monoisotopic (exact) mass is 208 g/mol. The van der Waals surface area contributed by atoms with Crippen LogP contribution in [-0.4, -0.2) is 34.9 Å². The molecule has 0 unspecified atom stereocenters. The van der Waals surface area contributed by atoms with Gasteiger partial charge in [0.05, 0.1) is 12.3 Å². The fourth-order valence-electron chi connectivity index (χ4n) is 1.17. The Balaban J connectivity index is 3.16. The van der Waals surface area contributed by atoms with E-state index in [4.69, 9.17) is 21.4 Å². The zero-order chi connectivity index (χ0) is 11.4. The maximum atomic E-state index is 11.2. The van der Waals surface area contributed by atoms with Crippen molar-refractivity contribution in [3.8, 4) is 0 Å². The average molecular weight is 208 g/mol. The second-order valence-electron chi connectivity index (χ2n) is 3.06. The van der Waals surface area contributed by atoms with E-state index in [1.54, 1.807) is 0 Å². The molecule has 5 heteroatoms. The molecule has 0 bridgehead atoms. The number of ketones is 1. The minimum atomic E-state index is -0.602. The number of carbonyl (C=O) groups is 1. The van der Waals surface area contributed by atoms with E-state index in [-0.39, 0.29) is 11.3 Å². The predicted octanol–water partition coefficient (Wildman–Crippen LogP) is -0.196. The molecule has 5 N–H and O–H groups in total. The maximum Gasteiger partial charge on any atom is 0.188 e. The Morgan fingerprint density at radius 2 is 1.80 bits per heavy atom. The molecule has 1 rings (SSSR count). The van der Waals surface area contributed by atoms with E-state index >= 15 is 0 Å². The lowest BCUT2D eigenvalue weighted by Crippen LogP contribution is -2.10. The largest absolute Gasteiger partial charge is 0.399 e. The molecule has 0 heterocycles. The van der Waals surface area contributed by atoms with Crippen molar-refractivity contribution in [2.24, 2.45) is 0 Å². The fourth-order valence-corrected chi connectivity index (χ4v) is 1.17. The first-order valence-corrected chi connectivity index (χ1v) is 4.31. The topological polar surface area (TPSA) is 107 Å². The molecule has 0 amide bonds. The highest BCUT2D eigenvalue weighted by molar-refractivity contribution is 6.04. The number of carbonyl (C=O) groups excluding carboxylic acids is 1. The Kier molecular flexibility index (Phi) is 3.54. The van der Waals surface area contributed by atoms with E-state index in [1.807, 2.05) is 0 Å². The summed E-state index contributed by atoms with van der Waals surface area (Å²) in [5, 5.41) is 24.8. The molecule has 0 radical (unpaired) electrons. The number of rotatable bonds is 4. The molecule has 0 atom stereocenters. The van der Waals surface area contributed by atoms with Crippen molar-refractivity contribution in [2.45, 2.75) is 0 Å². The molecular formula is C10H12N2O3. The van der Waals surface area contributed by atoms with Crippen LogP contribution in [0.3, 0.4) is 0 Å². The minimum Gasteiger partial charge on any atom is -0.399 e. The lowest BCUT2D eigenvalue weighted by molar-refractivity contribution is 0.0904. The summed E-state index contributed by atoms with van der Waals surface area (Å²) in [6.07, 6.45) is 0. The second kappa shape index (κ2) is 4.68. The number of hydrogen-bond donors (Lipinski definition) is 4. The number of benzene rings is 1. The summed E-state index contributed by atoms with van der Waals surface area (Å²) in [6.45, 7) is -1.02. The molecule has 0 fully saturated rings. The summed E-state index contributed by atoms with van der Waals surface area (Å²) >= 11 is 0. The molecule has 5 nitrogen and oxygen atoms in total. The summed E-state index contributed by atoms with van der Waals surface area (Å²) < 4.78 is 0. The fraction of sp³-hybridized carbons (Fsp3) is 0.200. The number of aliphatic hydroxyl groups excluding tert-OH is 2. The first-order valence-electron chi connectivity index (χ1n) is 4.31. The molecule has 0 aliphatic rings. The Morgan fingerprint density at radius 3 is 2.33 bits per heavy atom. The van der Waals surface area contributed by atoms with E-state index in [9.17, 15) is 4.79 Å². The van der Waals surface area contributed by atoms with Crippen LogP contribution in [0.1, 0.15) is 15.9 Å². The molecule has 80 valence electrons. The van der Waals surface area contributed by atoms with Crippen LogP contribution in [0.4, 0.5) is 5.69 Å². The van der Waals surface area contributed by atoms with Gasteiger partial charge in [0.2, 0.25) is 0 Å². The maximum absolute atomic E-state index is 11.2. The van der Waals surface area contributed by atoms with E-state index in [1.165, 1.54) is 18.2 Å². The molecular weight excluding hydrogens is 196 g/mol. The first-order chi connectivity index (χ1) is 7.08. The minimum absolute atomic E-state index is 0.0192. The number of aliphatic hydroxyl groups is 2. The zero-order valence-corrected chi connectivity index (χ0v) is 8.03. The Hall–Kier alpha value is -1.72. The molecule has 0 aromatic heterocycles. The van der Waals surface area contributed by atoms with E-state index in [0.717, 1.165) is 0 Å². The summed E-state index contributed by atoms with van der Waals surface area (Å²) in [4.78, 5) is 11.2. The highest BCUT2D eigenvalue weighted by atomic mass is 16.3. The average Bonchev–Trinajstić information content (AvgIpc) is 2.26. The molecule has 1 aromatic rings. The predicted molar refractivity (Wildman–Crippen MR) is 56.2 cm³/mol. The Labute approximate surface area is 86.7 Å². The van der Waals surface area contributed by atoms with Crippen molar-refractivity contribution < 1.29 is 15.0 Å². The Morgan fingerprint density at radius 1 is 1.20 bits per heavy atom. The van der Waals surface area contributed by atoms with Gasteiger partial charge in [0, 0.05) is 16.8 Å². The van der Waals surface area contributed by atoms with Crippen LogP contribution in [0, 0.1) is 5.41 Å². The molecule has 1 aromatic carbocycles. The number of anilines is 1. The van der Waals surface area contributed by atoms with Gasteiger partial charge in [0.15, 0.2) is 5.78 Å². The van der Waals surface area contributed by atoms with Crippen LogP contribution in [0.25, 0.3) is 0 Å². The van der Waals surface area contributed by atoms with Crippen LogP contribution >= 0.6 is 0 Å². The summed E-state index contributed by atoms with van der Waals surface area (Å²) in [5.41, 5.74) is 6.46. The van der Waals surface area contributed by atoms with Gasteiger partial charge < -0.3 is 21.4 Å². The third kappa shape index (κ3) is 2.61. The standard InChI is InChI=1S/C10H12N2O3/c11-8-2-6(9(12)4-13)1-7(3-8)10(15)5-14/h1-3,12-14H,4-5,11H2. The highest BCUT2D eigenvalue weighted by Gasteiger charge is 2.08. The molecule has 0 spiro atoms. The van der Waals surface area contributed by atoms with E-state index < -0.39 is 19.0 Å². The van der Waals surface area contributed by atoms with Gasteiger partial charge in [-0.25, -0.2) is 0 Å². The van der Waals surface area contributed by atoms with Crippen molar-refractivity contribution in [1.29, 1.82) is 5.41 Å². The Bertz CT molecular complexity index is 367. The quantitative estimate of drug-likeness (QED) is 0.312. The molecule has 15 heavy (non-hydrogen) atoms. The highest BCUT2D eigenvalue weighted by Crippen LogP contribution is 2.13. The van der Waals surface area contributed by atoms with E-state index in [2.05, 4.69) is 0 Å². The third-order valence-corrected chi connectivity index (χ3v) is 1.93. The lowest BCUT2D eigenvalue weighted by Gasteiger charge is -2.05.